The van der Waals surface area contributed by atoms with Crippen LogP contribution >= 0.6 is 0 Å². The monoisotopic (exact) mass is 428 g/mol. The summed E-state index contributed by atoms with van der Waals surface area (Å²) in [4.78, 5) is 43.3. The van der Waals surface area contributed by atoms with Gasteiger partial charge < -0.3 is 4.74 Å². The van der Waals surface area contributed by atoms with E-state index in [0.717, 1.165) is 6.42 Å². The van der Waals surface area contributed by atoms with Gasteiger partial charge in [0.15, 0.2) is 0 Å². The number of ether oxygens (including phenoxy) is 1. The quantitative estimate of drug-likeness (QED) is 0.541. The first-order valence-corrected chi connectivity index (χ1v) is 11.1. The summed E-state index contributed by atoms with van der Waals surface area (Å²) in [7, 11) is 1.55. The van der Waals surface area contributed by atoms with Crippen molar-refractivity contribution in [1.29, 1.82) is 0 Å². The van der Waals surface area contributed by atoms with Gasteiger partial charge in [-0.3, -0.25) is 24.2 Å². The molecule has 0 spiro atoms. The molecule has 6 heteroatoms. The third kappa shape index (κ3) is 2.75. The van der Waals surface area contributed by atoms with Crippen LogP contribution in [0.15, 0.2) is 66.7 Å². The van der Waals surface area contributed by atoms with Gasteiger partial charge in [-0.25, -0.2) is 0 Å². The van der Waals surface area contributed by atoms with Crippen LogP contribution < -0.4 is 9.64 Å². The molecule has 5 aliphatic rings. The van der Waals surface area contributed by atoms with Crippen LogP contribution in [0.5, 0.6) is 5.75 Å². The molecule has 4 aliphatic carbocycles. The largest absolute Gasteiger partial charge is 0.497 e. The first-order valence-electron chi connectivity index (χ1n) is 11.1. The van der Waals surface area contributed by atoms with Gasteiger partial charge in [-0.05, 0) is 60.4 Å². The van der Waals surface area contributed by atoms with Crippen LogP contribution in [0, 0.1) is 35.5 Å². The molecule has 0 aromatic heterocycles. The Kier molecular flexibility index (Phi) is 4.25. The molecule has 7 rings (SSSR count). The van der Waals surface area contributed by atoms with E-state index < -0.39 is 0 Å². The third-order valence-corrected chi connectivity index (χ3v) is 7.67. The molecule has 6 atom stereocenters. The fourth-order valence-corrected chi connectivity index (χ4v) is 6.08. The van der Waals surface area contributed by atoms with Crippen LogP contribution in [-0.4, -0.2) is 36.4 Å². The Labute approximate surface area is 186 Å². The van der Waals surface area contributed by atoms with Gasteiger partial charge in [0.05, 0.1) is 18.9 Å². The molecule has 6 unspecified atom stereocenters. The Balaban J connectivity index is 1.33. The molecular weight excluding hydrogens is 404 g/mol. The second kappa shape index (κ2) is 7.05. The smallest absolute Gasteiger partial charge is 0.259 e. The molecule has 32 heavy (non-hydrogen) atoms. The van der Waals surface area contributed by atoms with Crippen molar-refractivity contribution in [2.24, 2.45) is 35.5 Å². The van der Waals surface area contributed by atoms with Crippen LogP contribution in [0.2, 0.25) is 0 Å². The van der Waals surface area contributed by atoms with Crippen molar-refractivity contribution in [3.63, 3.8) is 0 Å². The zero-order valence-electron chi connectivity index (χ0n) is 17.8. The molecule has 3 amide bonds. The number of imide groups is 1. The lowest BCUT2D eigenvalue weighted by molar-refractivity contribution is -0.140. The number of carbonyl (C=O) groups excluding carboxylic acids is 3. The van der Waals surface area contributed by atoms with Crippen molar-refractivity contribution >= 4 is 23.4 Å². The summed E-state index contributed by atoms with van der Waals surface area (Å²) in [6.45, 7) is -0.0838. The van der Waals surface area contributed by atoms with Crippen LogP contribution in [0.3, 0.4) is 0 Å². The highest BCUT2D eigenvalue weighted by Crippen LogP contribution is 2.65. The molecule has 3 fully saturated rings. The highest BCUT2D eigenvalue weighted by atomic mass is 16.5. The molecule has 1 aliphatic heterocycles. The van der Waals surface area contributed by atoms with Crippen molar-refractivity contribution in [3.05, 3.63) is 72.3 Å². The normalized spacial score (nSPS) is 31.3. The molecule has 2 aromatic rings. The number of amides is 3. The maximum absolute atomic E-state index is 13.5. The van der Waals surface area contributed by atoms with E-state index in [0.29, 0.717) is 28.8 Å². The van der Waals surface area contributed by atoms with Gasteiger partial charge in [-0.1, -0.05) is 36.4 Å². The molecule has 2 bridgehead atoms. The van der Waals surface area contributed by atoms with Crippen LogP contribution in [0.25, 0.3) is 0 Å². The molecule has 0 radical (unpaired) electrons. The summed E-state index contributed by atoms with van der Waals surface area (Å²) in [6, 6.07) is 16.1. The lowest BCUT2D eigenvalue weighted by atomic mass is 9.63. The van der Waals surface area contributed by atoms with Gasteiger partial charge in [-0.2, -0.15) is 0 Å². The summed E-state index contributed by atoms with van der Waals surface area (Å²) in [5.74, 6) is 0.897. The highest BCUT2D eigenvalue weighted by molar-refractivity contribution is 6.10. The second-order valence-electron chi connectivity index (χ2n) is 9.20. The van der Waals surface area contributed by atoms with Crippen LogP contribution in [-0.2, 0) is 9.59 Å². The lowest BCUT2D eigenvalue weighted by Crippen LogP contribution is -2.45. The molecular formula is C26H24N2O4. The number of hydrogen-bond acceptors (Lipinski definition) is 4. The summed E-state index contributed by atoms with van der Waals surface area (Å²) in [6.07, 6.45) is 5.44. The van der Waals surface area contributed by atoms with Crippen molar-refractivity contribution in [1.82, 2.24) is 4.90 Å². The predicted octanol–water partition coefficient (Wildman–Crippen LogP) is 3.35. The minimum Gasteiger partial charge on any atom is -0.497 e. The second-order valence-corrected chi connectivity index (χ2v) is 9.20. The Morgan fingerprint density at radius 2 is 1.62 bits per heavy atom. The minimum absolute atomic E-state index is 0.0838. The number of nitrogens with zero attached hydrogens (tertiary/aromatic N) is 2. The van der Waals surface area contributed by atoms with E-state index in [9.17, 15) is 14.4 Å². The number of anilines is 1. The van der Waals surface area contributed by atoms with Gasteiger partial charge in [-0.15, -0.1) is 0 Å². The molecule has 1 saturated heterocycles. The number of methoxy groups -OCH3 is 1. The van der Waals surface area contributed by atoms with Gasteiger partial charge in [0.25, 0.3) is 5.91 Å². The van der Waals surface area contributed by atoms with Crippen molar-refractivity contribution < 1.29 is 19.1 Å². The van der Waals surface area contributed by atoms with Crippen molar-refractivity contribution in [2.45, 2.75) is 6.42 Å². The number of likely N-dealkylation sites (tertiary alicyclic amines) is 1. The van der Waals surface area contributed by atoms with E-state index >= 15 is 0 Å². The standard InChI is InChI=1S/C26H24N2O4/c1-32-17-9-5-6-15(12-17)24(29)27(16-7-3-2-4-8-16)14-28-25(30)22-18-10-11-19(21-13-20(18)21)23(22)26(28)31/h2-12,18-23H,13-14H2,1H3. The average Bonchev–Trinajstić information content (AvgIpc) is 3.62. The number of benzene rings is 2. The lowest BCUT2D eigenvalue weighted by Gasteiger charge is -2.37. The fourth-order valence-electron chi connectivity index (χ4n) is 6.08. The van der Waals surface area contributed by atoms with Crippen molar-refractivity contribution in [2.75, 3.05) is 18.7 Å². The molecule has 0 N–H and O–H groups in total. The fraction of sp³-hybridized carbons (Fsp3) is 0.346. The Hall–Kier alpha value is -3.41. The van der Waals surface area contributed by atoms with Gasteiger partial charge in [0, 0.05) is 11.3 Å². The summed E-state index contributed by atoms with van der Waals surface area (Å²) >= 11 is 0. The highest BCUT2D eigenvalue weighted by Gasteiger charge is 2.67. The first kappa shape index (κ1) is 19.3. The summed E-state index contributed by atoms with van der Waals surface area (Å²) in [5, 5.41) is 0. The summed E-state index contributed by atoms with van der Waals surface area (Å²) in [5.41, 5.74) is 1.08. The Morgan fingerprint density at radius 1 is 0.969 bits per heavy atom. The SMILES string of the molecule is COc1cccc(C(=O)N(CN2C(=O)C3C4C=CC(C5CC45)C3C2=O)c2ccccc2)c1. The van der Waals surface area contributed by atoms with Gasteiger partial charge in [0.1, 0.15) is 12.4 Å². The van der Waals surface area contributed by atoms with E-state index in [-0.39, 0.29) is 48.1 Å². The number of carbonyl (C=O) groups is 3. The molecule has 2 aromatic carbocycles. The number of rotatable bonds is 5. The van der Waals surface area contributed by atoms with E-state index in [1.54, 1.807) is 31.4 Å². The van der Waals surface area contributed by atoms with E-state index in [2.05, 4.69) is 12.2 Å². The zero-order valence-corrected chi connectivity index (χ0v) is 17.8. The first-order chi connectivity index (χ1) is 15.6. The number of allylic oxidation sites excluding steroid dienone is 2. The average molecular weight is 428 g/mol. The third-order valence-electron chi connectivity index (χ3n) is 7.67. The van der Waals surface area contributed by atoms with Crippen LogP contribution in [0.1, 0.15) is 16.8 Å². The number of hydrogen-bond donors (Lipinski definition) is 0. The predicted molar refractivity (Wildman–Crippen MR) is 118 cm³/mol. The Bertz CT molecular complexity index is 1110. The van der Waals surface area contributed by atoms with Crippen LogP contribution in [0.4, 0.5) is 5.69 Å². The Morgan fingerprint density at radius 3 is 2.25 bits per heavy atom. The molecule has 162 valence electrons. The topological polar surface area (TPSA) is 66.9 Å². The van der Waals surface area contributed by atoms with E-state index in [4.69, 9.17) is 4.74 Å². The molecule has 2 saturated carbocycles. The maximum Gasteiger partial charge on any atom is 0.259 e. The van der Waals surface area contributed by atoms with Crippen molar-refractivity contribution in [3.8, 4) is 5.75 Å². The van der Waals surface area contributed by atoms with Gasteiger partial charge in [0.2, 0.25) is 11.8 Å². The van der Waals surface area contributed by atoms with E-state index in [1.165, 1.54) is 9.80 Å². The van der Waals surface area contributed by atoms with Gasteiger partial charge >= 0.3 is 0 Å². The molecule has 1 heterocycles. The number of para-hydroxylation sites is 1. The molecule has 6 nitrogen and oxygen atoms in total. The maximum atomic E-state index is 13.5. The summed E-state index contributed by atoms with van der Waals surface area (Å²) < 4.78 is 5.27. The zero-order chi connectivity index (χ0) is 22.0. The van der Waals surface area contributed by atoms with E-state index in [1.807, 2.05) is 30.3 Å². The minimum atomic E-state index is -0.283.